The van der Waals surface area contributed by atoms with Crippen LogP contribution in [0.3, 0.4) is 0 Å². The Hall–Kier alpha value is -5.63. The van der Waals surface area contributed by atoms with E-state index in [0.717, 1.165) is 114 Å². The van der Waals surface area contributed by atoms with Crippen molar-refractivity contribution in [3.63, 3.8) is 0 Å². The minimum atomic E-state index is -0.139. The van der Waals surface area contributed by atoms with E-state index in [2.05, 4.69) is 102 Å². The Morgan fingerprint density at radius 1 is 0.529 bits per heavy atom. The van der Waals surface area contributed by atoms with E-state index in [1.807, 2.05) is 30.7 Å². The summed E-state index contributed by atoms with van der Waals surface area (Å²) in [5.41, 5.74) is 2.69. The van der Waals surface area contributed by atoms with Crippen LogP contribution in [-0.2, 0) is 19.1 Å². The Morgan fingerprint density at radius 2 is 0.838 bits per heavy atom. The first-order valence-electron chi connectivity index (χ1n) is 24.0. The number of esters is 2. The minimum absolute atomic E-state index is 0. The Kier molecular flexibility index (Phi) is 14.3. The molecule has 0 radical (unpaired) electrons. The fourth-order valence-electron chi connectivity index (χ4n) is 12.5. The summed E-state index contributed by atoms with van der Waals surface area (Å²) in [6, 6.07) is 7.74. The van der Waals surface area contributed by atoms with Crippen LogP contribution in [0.4, 0.5) is 17.5 Å². The fraction of sp³-hybridized carbons (Fsp3) is 0.583. The standard InChI is InChI=1S/2C17H23N5O2.C14H19N5.ClH/c2*1-21(17-14-3-4-18-16(14)19-10-20-17)13-5-11-7-22(8-12(11)6-13)9-15(23)24-2;1-19(11-4-9-6-15-7-10(9)5-11)14-12-2-3-16-13(12)17-8-18-14;/h2*3-4,10-13H,5-9H2,1-2H3,(H,18,19,20);2-3,8-11,15H,4-7H2,1H3,(H,16,17,18);1H/t2*11-,12+,13?;9-,10+,11?;. The van der Waals surface area contributed by atoms with E-state index >= 15 is 0 Å². The van der Waals surface area contributed by atoms with Gasteiger partial charge in [-0.15, -0.1) is 12.4 Å². The van der Waals surface area contributed by atoms with E-state index in [-0.39, 0.29) is 24.3 Å². The number of nitrogens with one attached hydrogen (secondary N) is 4. The van der Waals surface area contributed by atoms with Gasteiger partial charge in [-0.3, -0.25) is 19.4 Å². The van der Waals surface area contributed by atoms with Crippen molar-refractivity contribution in [2.75, 3.05) is 102 Å². The average Bonchev–Trinajstić information content (AvgIpc) is 4.18. The Balaban J connectivity index is 0.000000127. The molecule has 3 saturated carbocycles. The van der Waals surface area contributed by atoms with Crippen LogP contribution in [0, 0.1) is 35.5 Å². The van der Waals surface area contributed by atoms with Gasteiger partial charge in [-0.25, -0.2) is 29.9 Å². The van der Waals surface area contributed by atoms with Gasteiger partial charge >= 0.3 is 11.9 Å². The number of aromatic amines is 3. The third kappa shape index (κ3) is 9.67. The average molecular weight is 953 g/mol. The number of ether oxygens (including phenoxy) is 2. The molecular weight excluding hydrogens is 886 g/mol. The molecule has 4 N–H and O–H groups in total. The second-order valence-electron chi connectivity index (χ2n) is 19.8. The number of methoxy groups -OCH3 is 2. The molecule has 3 aliphatic carbocycles. The van der Waals surface area contributed by atoms with Gasteiger partial charge in [0.15, 0.2) is 0 Å². The summed E-state index contributed by atoms with van der Waals surface area (Å²) in [7, 11) is 9.34. The molecule has 364 valence electrons. The molecule has 19 nitrogen and oxygen atoms in total. The lowest BCUT2D eigenvalue weighted by atomic mass is 10.0. The van der Waals surface area contributed by atoms with E-state index in [9.17, 15) is 9.59 Å². The van der Waals surface area contributed by atoms with Crippen molar-refractivity contribution in [2.45, 2.75) is 56.7 Å². The predicted octanol–water partition coefficient (Wildman–Crippen LogP) is 4.37. The normalized spacial score (nSPS) is 27.2. The fourth-order valence-corrected chi connectivity index (χ4v) is 12.5. The first-order chi connectivity index (χ1) is 32.6. The number of hydrogen-bond donors (Lipinski definition) is 4. The number of halogens is 1. The number of fused-ring (bicyclic) bond motifs is 6. The van der Waals surface area contributed by atoms with Crippen molar-refractivity contribution >= 4 is 74.9 Å². The lowest BCUT2D eigenvalue weighted by Gasteiger charge is -2.27. The van der Waals surface area contributed by atoms with E-state index in [1.54, 1.807) is 19.0 Å². The Bertz CT molecular complexity index is 2490. The number of hydrogen-bond acceptors (Lipinski definition) is 16. The van der Waals surface area contributed by atoms with Crippen molar-refractivity contribution in [2.24, 2.45) is 35.5 Å². The second-order valence-corrected chi connectivity index (χ2v) is 19.8. The molecule has 0 aromatic carbocycles. The number of nitrogens with zero attached hydrogens (tertiary/aromatic N) is 11. The number of aromatic nitrogens is 9. The SMILES string of the molecule is CN(c1ncnc2[nH]ccc12)C1C[C@H]2CNC[C@H]2C1.COC(=O)CN1C[C@H]2CC(N(C)c3ncnc4[nH]ccc34)C[C@H]2C1.COC(=O)CN1C[C@H]2CC(N(C)c3ncnc4[nH]ccc34)C[C@H]2C1.Cl. The maximum absolute atomic E-state index is 11.5. The molecule has 6 aromatic rings. The van der Waals surface area contributed by atoms with Gasteiger partial charge < -0.3 is 44.4 Å². The molecular formula is C48H66ClN15O4. The van der Waals surface area contributed by atoms with Crippen LogP contribution >= 0.6 is 12.4 Å². The molecule has 20 heteroatoms. The summed E-state index contributed by atoms with van der Waals surface area (Å²) in [6.07, 6.45) is 17.8. The third-order valence-electron chi connectivity index (χ3n) is 16.0. The van der Waals surface area contributed by atoms with E-state index in [4.69, 9.17) is 9.47 Å². The van der Waals surface area contributed by atoms with Gasteiger partial charge in [0.05, 0.1) is 43.5 Å². The number of rotatable bonds is 10. The van der Waals surface area contributed by atoms with Gasteiger partial charge in [0.1, 0.15) is 53.4 Å². The molecule has 6 aromatic heterocycles. The van der Waals surface area contributed by atoms with Crippen molar-refractivity contribution in [1.82, 2.24) is 60.0 Å². The summed E-state index contributed by atoms with van der Waals surface area (Å²) in [6.45, 7) is 7.19. The highest BCUT2D eigenvalue weighted by Crippen LogP contribution is 2.43. The Labute approximate surface area is 403 Å². The zero-order chi connectivity index (χ0) is 46.2. The predicted molar refractivity (Wildman–Crippen MR) is 264 cm³/mol. The number of carbonyl (C=O) groups excluding carboxylic acids is 2. The molecule has 6 fully saturated rings. The largest absolute Gasteiger partial charge is 0.468 e. The summed E-state index contributed by atoms with van der Waals surface area (Å²) in [4.78, 5) is 70.1. The maximum Gasteiger partial charge on any atom is 0.319 e. The first kappa shape index (κ1) is 47.4. The van der Waals surface area contributed by atoms with Crippen LogP contribution in [-0.4, -0.2) is 172 Å². The number of carbonyl (C=O) groups is 2. The molecule has 3 aliphatic heterocycles. The van der Waals surface area contributed by atoms with Gasteiger partial charge in [0.25, 0.3) is 0 Å². The molecule has 12 rings (SSSR count). The molecule has 3 saturated heterocycles. The number of H-pyrrole nitrogens is 3. The Morgan fingerprint density at radius 3 is 1.15 bits per heavy atom. The topological polar surface area (TPSA) is 206 Å². The molecule has 68 heavy (non-hydrogen) atoms. The van der Waals surface area contributed by atoms with Gasteiger partial charge in [-0.1, -0.05) is 0 Å². The first-order valence-corrected chi connectivity index (χ1v) is 24.0. The molecule has 0 spiro atoms. The molecule has 9 atom stereocenters. The van der Waals surface area contributed by atoms with Crippen molar-refractivity contribution < 1.29 is 19.1 Å². The van der Waals surface area contributed by atoms with E-state index in [0.29, 0.717) is 54.9 Å². The van der Waals surface area contributed by atoms with Crippen LogP contribution in [0.15, 0.2) is 55.8 Å². The van der Waals surface area contributed by atoms with Crippen LogP contribution in [0.25, 0.3) is 33.1 Å². The zero-order valence-electron chi connectivity index (χ0n) is 39.8. The highest BCUT2D eigenvalue weighted by molar-refractivity contribution is 5.89. The van der Waals surface area contributed by atoms with Crippen LogP contribution in [0.1, 0.15) is 38.5 Å². The zero-order valence-corrected chi connectivity index (χ0v) is 40.6. The molecule has 6 aliphatic rings. The van der Waals surface area contributed by atoms with Gasteiger partial charge in [-0.05, 0) is 105 Å². The molecule has 3 unspecified atom stereocenters. The highest BCUT2D eigenvalue weighted by Gasteiger charge is 2.44. The van der Waals surface area contributed by atoms with Crippen LogP contribution in [0.5, 0.6) is 0 Å². The van der Waals surface area contributed by atoms with E-state index < -0.39 is 0 Å². The lowest BCUT2D eigenvalue weighted by Crippen LogP contribution is -2.34. The summed E-state index contributed by atoms with van der Waals surface area (Å²) in [5.74, 6) is 7.12. The summed E-state index contributed by atoms with van der Waals surface area (Å²) >= 11 is 0. The third-order valence-corrected chi connectivity index (χ3v) is 16.0. The molecule has 0 amide bonds. The summed E-state index contributed by atoms with van der Waals surface area (Å²) in [5, 5.41) is 6.77. The molecule has 0 bridgehead atoms. The van der Waals surface area contributed by atoms with Crippen molar-refractivity contribution in [1.29, 1.82) is 0 Å². The van der Waals surface area contributed by atoms with Crippen molar-refractivity contribution in [3.8, 4) is 0 Å². The van der Waals surface area contributed by atoms with Gasteiger partial charge in [-0.2, -0.15) is 0 Å². The van der Waals surface area contributed by atoms with Gasteiger partial charge in [0.2, 0.25) is 0 Å². The smallest absolute Gasteiger partial charge is 0.319 e. The van der Waals surface area contributed by atoms with Gasteiger partial charge in [0, 0.05) is 84.0 Å². The van der Waals surface area contributed by atoms with E-state index in [1.165, 1.54) is 40.2 Å². The van der Waals surface area contributed by atoms with Crippen molar-refractivity contribution in [3.05, 3.63) is 55.8 Å². The molecule has 9 heterocycles. The number of likely N-dealkylation sites (tertiary alicyclic amines) is 2. The lowest BCUT2D eigenvalue weighted by molar-refractivity contribution is -0.142. The monoisotopic (exact) mass is 952 g/mol. The van der Waals surface area contributed by atoms with Crippen LogP contribution < -0.4 is 20.0 Å². The summed E-state index contributed by atoms with van der Waals surface area (Å²) < 4.78 is 9.56. The quantitative estimate of drug-likeness (QED) is 0.141. The number of anilines is 3. The second kappa shape index (κ2) is 20.5. The minimum Gasteiger partial charge on any atom is -0.468 e. The maximum atomic E-state index is 11.5. The van der Waals surface area contributed by atoms with Crippen LogP contribution in [0.2, 0.25) is 0 Å². The highest BCUT2D eigenvalue weighted by atomic mass is 35.5.